The quantitative estimate of drug-likeness (QED) is 0.118. The number of aliphatic hydroxyl groups excluding tert-OH is 3. The van der Waals surface area contributed by atoms with Gasteiger partial charge < -0.3 is 77.5 Å². The third-order valence-corrected chi connectivity index (χ3v) is 14.2. The average Bonchev–Trinajstić information content (AvgIpc) is 3.91. The molecule has 368 valence electrons. The van der Waals surface area contributed by atoms with E-state index in [2.05, 4.69) is 0 Å². The summed E-state index contributed by atoms with van der Waals surface area (Å²) in [6, 6.07) is -0.278. The number of aliphatic hydroxyl groups is 4. The number of esters is 1. The number of methoxy groups -OCH3 is 2. The lowest BCUT2D eigenvalue weighted by Crippen LogP contribution is -2.60. The number of ether oxygens (including phenoxy) is 10. The largest absolute Gasteiger partial charge is 0.462 e. The zero-order chi connectivity index (χ0) is 47.4. The van der Waals surface area contributed by atoms with Crippen LogP contribution in [0, 0.1) is 23.7 Å². The zero-order valence-corrected chi connectivity index (χ0v) is 39.8. The van der Waals surface area contributed by atoms with E-state index in [9.17, 15) is 34.8 Å². The second kappa shape index (κ2) is 22.4. The molecule has 0 aromatic rings. The Kier molecular flexibility index (Phi) is 18.5. The fraction of sp³-hybridized carbons (Fsp3) is 0.891. The van der Waals surface area contributed by atoms with E-state index in [0.717, 1.165) is 6.29 Å². The molecule has 5 heterocycles. The molecule has 22 atom stereocenters. The van der Waals surface area contributed by atoms with Crippen molar-refractivity contribution in [2.24, 2.45) is 23.7 Å². The zero-order valence-electron chi connectivity index (χ0n) is 39.8. The van der Waals surface area contributed by atoms with Crippen molar-refractivity contribution in [2.75, 3.05) is 34.9 Å². The lowest BCUT2D eigenvalue weighted by Gasteiger charge is -2.48. The van der Waals surface area contributed by atoms with Crippen LogP contribution in [0.4, 0.5) is 0 Å². The van der Waals surface area contributed by atoms with E-state index in [1.54, 1.807) is 40.7 Å². The number of hydrogen-bond donors (Lipinski definition) is 4. The fourth-order valence-electron chi connectivity index (χ4n) is 10.1. The summed E-state index contributed by atoms with van der Waals surface area (Å²) in [5.41, 5.74) is -2.33. The maximum Gasteiger partial charge on any atom is 0.308 e. The van der Waals surface area contributed by atoms with Crippen LogP contribution in [0.1, 0.15) is 93.9 Å². The molecule has 0 saturated carbocycles. The number of ketones is 1. The summed E-state index contributed by atoms with van der Waals surface area (Å²) in [5.74, 6) is -3.25. The number of epoxide rings is 1. The van der Waals surface area contributed by atoms with Crippen LogP contribution in [0.2, 0.25) is 0 Å². The number of likely N-dealkylation sites (N-methyl/N-ethyl adjacent to an activating group) is 1. The Hall–Kier alpha value is -2.01. The van der Waals surface area contributed by atoms with E-state index in [0.29, 0.717) is 12.8 Å². The molecule has 4 N–H and O–H groups in total. The van der Waals surface area contributed by atoms with Gasteiger partial charge in [0.2, 0.25) is 0 Å². The number of carbonyl (C=O) groups is 3. The first-order valence-electron chi connectivity index (χ1n) is 23.0. The standard InChI is InChI=1S/C46H77NO17/c1-13-33-29(22-57-44-41(56-12)40(55-11)37(52)25(4)60-44)43-46(8,64-43)16-14-31(49)23(2)18-28(15-17-48)38(24(3)32(50)20-34(51)61-33)62-35-19-30(47(9)10)39(26(5)58-35)63-36-21-45(7,54)42(53)27(6)59-36/h14,16-17,23-30,32-33,35-44,50,52-54H,13,15,18-22H2,1-12H3/b16-14+/t23-,24+,25-,26+,27-,28+,29-,30+,32-,33-,35+,36-,37-,38-,39+,40-,41-,42-,43?,44-,45+,46?/m1/s1. The Morgan fingerprint density at radius 2 is 1.53 bits per heavy atom. The lowest BCUT2D eigenvalue weighted by molar-refractivity contribution is -0.322. The third kappa shape index (κ3) is 12.4. The number of carbonyl (C=O) groups excluding carboxylic acids is 3. The minimum Gasteiger partial charge on any atom is -0.462 e. The molecule has 4 saturated heterocycles. The van der Waals surface area contributed by atoms with Crippen molar-refractivity contribution < 1.29 is 82.2 Å². The minimum absolute atomic E-state index is 0.00729. The summed E-state index contributed by atoms with van der Waals surface area (Å²) in [5, 5.41) is 43.9. The van der Waals surface area contributed by atoms with Crippen LogP contribution >= 0.6 is 0 Å². The summed E-state index contributed by atoms with van der Waals surface area (Å²) in [6.07, 6.45) is -7.38. The van der Waals surface area contributed by atoms with Gasteiger partial charge >= 0.3 is 5.97 Å². The highest BCUT2D eigenvalue weighted by atomic mass is 16.7. The van der Waals surface area contributed by atoms with Gasteiger partial charge in [-0.2, -0.15) is 0 Å². The summed E-state index contributed by atoms with van der Waals surface area (Å²) < 4.78 is 61.6. The van der Waals surface area contributed by atoms with Gasteiger partial charge in [0.1, 0.15) is 48.5 Å². The van der Waals surface area contributed by atoms with Gasteiger partial charge in [0.05, 0.1) is 55.3 Å². The van der Waals surface area contributed by atoms with E-state index in [1.165, 1.54) is 20.3 Å². The molecule has 0 aliphatic carbocycles. The molecule has 18 heteroatoms. The van der Waals surface area contributed by atoms with Gasteiger partial charge in [0, 0.05) is 57.3 Å². The molecule has 64 heavy (non-hydrogen) atoms. The summed E-state index contributed by atoms with van der Waals surface area (Å²) in [7, 11) is 6.75. The van der Waals surface area contributed by atoms with Crippen LogP contribution in [-0.2, 0) is 61.8 Å². The fourth-order valence-corrected chi connectivity index (χ4v) is 10.1. The molecule has 5 aliphatic heterocycles. The number of fused-ring (bicyclic) bond motifs is 1. The highest BCUT2D eigenvalue weighted by Gasteiger charge is 2.58. The predicted octanol–water partition coefficient (Wildman–Crippen LogP) is 2.07. The molecular weight excluding hydrogens is 838 g/mol. The van der Waals surface area contributed by atoms with E-state index < -0.39 is 139 Å². The second-order valence-corrected chi connectivity index (χ2v) is 19.4. The number of rotatable bonds is 13. The Bertz CT molecular complexity index is 1570. The van der Waals surface area contributed by atoms with Crippen molar-refractivity contribution in [3.63, 3.8) is 0 Å². The van der Waals surface area contributed by atoms with Crippen LogP contribution in [-0.4, -0.2) is 188 Å². The molecule has 5 aliphatic rings. The second-order valence-electron chi connectivity index (χ2n) is 19.4. The summed E-state index contributed by atoms with van der Waals surface area (Å²) in [6.45, 7) is 14.0. The van der Waals surface area contributed by atoms with Crippen LogP contribution in [0.5, 0.6) is 0 Å². The molecule has 18 nitrogen and oxygen atoms in total. The van der Waals surface area contributed by atoms with Crippen LogP contribution < -0.4 is 0 Å². The van der Waals surface area contributed by atoms with Crippen molar-refractivity contribution in [3.8, 4) is 0 Å². The molecule has 0 spiro atoms. The average molecular weight is 916 g/mol. The summed E-state index contributed by atoms with van der Waals surface area (Å²) in [4.78, 5) is 42.0. The van der Waals surface area contributed by atoms with Crippen molar-refractivity contribution in [2.45, 2.75) is 203 Å². The molecule has 4 fully saturated rings. The first kappa shape index (κ1) is 53.0. The first-order chi connectivity index (χ1) is 30.1. The SMILES string of the molecule is CC[C@H]1OC(=O)C[C@@H](O)[C@H](C)[C@@H](O[C@H]2C[C@H](N(C)C)[C@@H](O[C@@H]3C[C@](C)(O)[C@H](O)[C@@H](C)O3)[C@H](C)O2)[C@@H](CC=O)C[C@@H](C)C(=O)/C=C/C2(C)OC2[C@@H]1CO[C@@H]1O[C@H](C)[C@@H](O)[C@@H](OC)[C@H]1OC. The van der Waals surface area contributed by atoms with Gasteiger partial charge in [-0.15, -0.1) is 0 Å². The monoisotopic (exact) mass is 916 g/mol. The van der Waals surface area contributed by atoms with Crippen molar-refractivity contribution >= 4 is 18.0 Å². The van der Waals surface area contributed by atoms with Gasteiger partial charge in [-0.25, -0.2) is 0 Å². The normalized spacial score (nSPS) is 48.0. The highest BCUT2D eigenvalue weighted by Crippen LogP contribution is 2.46. The Balaban J connectivity index is 1.38. The van der Waals surface area contributed by atoms with Gasteiger partial charge in [-0.1, -0.05) is 20.8 Å². The molecule has 0 amide bonds. The number of hydrogen-bond acceptors (Lipinski definition) is 18. The summed E-state index contributed by atoms with van der Waals surface area (Å²) >= 11 is 0. The minimum atomic E-state index is -1.42. The van der Waals surface area contributed by atoms with E-state index in [1.807, 2.05) is 39.8 Å². The van der Waals surface area contributed by atoms with E-state index >= 15 is 0 Å². The molecule has 2 unspecified atom stereocenters. The number of aldehydes is 1. The van der Waals surface area contributed by atoms with Crippen LogP contribution in [0.25, 0.3) is 0 Å². The smallest absolute Gasteiger partial charge is 0.308 e. The highest BCUT2D eigenvalue weighted by molar-refractivity contribution is 5.91. The van der Waals surface area contributed by atoms with Crippen molar-refractivity contribution in [1.82, 2.24) is 4.90 Å². The first-order valence-corrected chi connectivity index (χ1v) is 23.0. The van der Waals surface area contributed by atoms with Crippen LogP contribution in [0.3, 0.4) is 0 Å². The topological polar surface area (TPSA) is 231 Å². The Morgan fingerprint density at radius 3 is 2.14 bits per heavy atom. The number of cyclic esters (lactones) is 1. The van der Waals surface area contributed by atoms with E-state index in [-0.39, 0.29) is 37.7 Å². The van der Waals surface area contributed by atoms with Crippen LogP contribution in [0.15, 0.2) is 12.2 Å². The Labute approximate surface area is 378 Å². The maximum atomic E-state index is 13.9. The molecular formula is C46H77NO17. The molecule has 5 rings (SSSR count). The number of allylic oxidation sites excluding steroid dienone is 1. The van der Waals surface area contributed by atoms with Crippen molar-refractivity contribution in [1.29, 1.82) is 0 Å². The van der Waals surface area contributed by atoms with Crippen molar-refractivity contribution in [3.05, 3.63) is 12.2 Å². The predicted molar refractivity (Wildman–Crippen MR) is 228 cm³/mol. The number of nitrogens with zero attached hydrogens (tertiary/aromatic N) is 1. The van der Waals surface area contributed by atoms with E-state index in [4.69, 9.17) is 47.4 Å². The molecule has 0 radical (unpaired) electrons. The maximum absolute atomic E-state index is 13.9. The van der Waals surface area contributed by atoms with Gasteiger partial charge in [0.15, 0.2) is 24.7 Å². The molecule has 0 aromatic carbocycles. The molecule has 0 aromatic heterocycles. The lowest BCUT2D eigenvalue weighted by atomic mass is 9.79. The van der Waals surface area contributed by atoms with Gasteiger partial charge in [0.25, 0.3) is 0 Å². The third-order valence-electron chi connectivity index (χ3n) is 14.2. The van der Waals surface area contributed by atoms with Gasteiger partial charge in [-0.05, 0) is 79.6 Å². The molecule has 0 bridgehead atoms. The Morgan fingerprint density at radius 1 is 0.875 bits per heavy atom. The van der Waals surface area contributed by atoms with Gasteiger partial charge in [-0.3, -0.25) is 9.59 Å².